The predicted molar refractivity (Wildman–Crippen MR) is 73.7 cm³/mol. The molecule has 0 amide bonds. The summed E-state index contributed by atoms with van der Waals surface area (Å²) in [5, 5.41) is 9.82. The van der Waals surface area contributed by atoms with Crippen molar-refractivity contribution in [2.24, 2.45) is 0 Å². The molecule has 4 heteroatoms. The molecule has 1 aliphatic rings. The van der Waals surface area contributed by atoms with Gasteiger partial charge in [-0.15, -0.1) is 0 Å². The molecule has 2 rings (SSSR count). The standard InChI is InChI=1S/C14H18ClNO2/c1-2-3-9-16(10-7-8-10)13-11(14(17)18)5-4-6-12(13)15/h4-6,10H,2-3,7-9H2,1H3,(H,17,18). The molecule has 0 heterocycles. The Hall–Kier alpha value is -1.22. The number of benzene rings is 1. The smallest absolute Gasteiger partial charge is 0.337 e. The van der Waals surface area contributed by atoms with Crippen LogP contribution in [0.3, 0.4) is 0 Å². The summed E-state index contributed by atoms with van der Waals surface area (Å²) in [6.07, 6.45) is 4.42. The van der Waals surface area contributed by atoms with Gasteiger partial charge in [0.15, 0.2) is 0 Å². The zero-order valence-corrected chi connectivity index (χ0v) is 11.3. The Bertz CT molecular complexity index is 443. The van der Waals surface area contributed by atoms with E-state index in [0.717, 1.165) is 32.2 Å². The molecule has 1 aromatic rings. The van der Waals surface area contributed by atoms with Crippen molar-refractivity contribution in [2.75, 3.05) is 11.4 Å². The van der Waals surface area contributed by atoms with Crippen molar-refractivity contribution < 1.29 is 9.90 Å². The summed E-state index contributed by atoms with van der Waals surface area (Å²) in [4.78, 5) is 13.5. The summed E-state index contributed by atoms with van der Waals surface area (Å²) in [6.45, 7) is 3.01. The van der Waals surface area contributed by atoms with Crippen molar-refractivity contribution in [2.45, 2.75) is 38.6 Å². The molecular weight excluding hydrogens is 250 g/mol. The topological polar surface area (TPSA) is 40.5 Å². The Morgan fingerprint density at radius 3 is 2.78 bits per heavy atom. The molecule has 0 saturated heterocycles. The summed E-state index contributed by atoms with van der Waals surface area (Å²) in [5.74, 6) is -0.908. The maximum atomic E-state index is 11.3. The number of hydrogen-bond donors (Lipinski definition) is 1. The molecule has 1 fully saturated rings. The lowest BCUT2D eigenvalue weighted by molar-refractivity contribution is 0.0697. The van der Waals surface area contributed by atoms with Crippen LogP contribution in [-0.4, -0.2) is 23.7 Å². The molecule has 1 aromatic carbocycles. The maximum absolute atomic E-state index is 11.3. The van der Waals surface area contributed by atoms with Crippen LogP contribution in [0.15, 0.2) is 18.2 Å². The van der Waals surface area contributed by atoms with E-state index in [4.69, 9.17) is 11.6 Å². The van der Waals surface area contributed by atoms with Crippen molar-refractivity contribution in [3.63, 3.8) is 0 Å². The monoisotopic (exact) mass is 267 g/mol. The SMILES string of the molecule is CCCCN(c1c(Cl)cccc1C(=O)O)C1CC1. The summed E-state index contributed by atoms with van der Waals surface area (Å²) in [7, 11) is 0. The molecule has 0 atom stereocenters. The Kier molecular flexibility index (Phi) is 4.12. The molecule has 18 heavy (non-hydrogen) atoms. The van der Waals surface area contributed by atoms with Crippen LogP contribution in [0.2, 0.25) is 5.02 Å². The quantitative estimate of drug-likeness (QED) is 0.852. The fraction of sp³-hybridized carbons (Fsp3) is 0.500. The Morgan fingerprint density at radius 1 is 1.50 bits per heavy atom. The fourth-order valence-corrected chi connectivity index (χ4v) is 2.45. The van der Waals surface area contributed by atoms with Gasteiger partial charge in [0.1, 0.15) is 0 Å². The molecule has 1 N–H and O–H groups in total. The van der Waals surface area contributed by atoms with E-state index in [0.29, 0.717) is 22.3 Å². The first-order valence-electron chi connectivity index (χ1n) is 6.43. The van der Waals surface area contributed by atoms with Crippen molar-refractivity contribution in [1.29, 1.82) is 0 Å². The molecule has 0 aliphatic heterocycles. The number of rotatable bonds is 6. The molecule has 0 bridgehead atoms. The molecule has 0 aromatic heterocycles. The van der Waals surface area contributed by atoms with Gasteiger partial charge in [-0.2, -0.15) is 0 Å². The van der Waals surface area contributed by atoms with Crippen LogP contribution in [-0.2, 0) is 0 Å². The van der Waals surface area contributed by atoms with Crippen LogP contribution in [0.25, 0.3) is 0 Å². The van der Waals surface area contributed by atoms with Crippen molar-refractivity contribution in [1.82, 2.24) is 0 Å². The third-order valence-electron chi connectivity index (χ3n) is 3.24. The van der Waals surface area contributed by atoms with E-state index < -0.39 is 5.97 Å². The van der Waals surface area contributed by atoms with E-state index >= 15 is 0 Å². The number of unbranched alkanes of at least 4 members (excludes halogenated alkanes) is 1. The molecule has 3 nitrogen and oxygen atoms in total. The number of carboxylic acids is 1. The number of carbonyl (C=O) groups is 1. The van der Waals surface area contributed by atoms with Crippen LogP contribution in [0.1, 0.15) is 43.0 Å². The first-order valence-corrected chi connectivity index (χ1v) is 6.81. The third-order valence-corrected chi connectivity index (χ3v) is 3.55. The van der Waals surface area contributed by atoms with Gasteiger partial charge in [-0.3, -0.25) is 0 Å². The zero-order chi connectivity index (χ0) is 13.1. The number of anilines is 1. The lowest BCUT2D eigenvalue weighted by Gasteiger charge is -2.27. The zero-order valence-electron chi connectivity index (χ0n) is 10.5. The molecular formula is C14H18ClNO2. The van der Waals surface area contributed by atoms with E-state index in [1.807, 2.05) is 0 Å². The van der Waals surface area contributed by atoms with E-state index in [9.17, 15) is 9.90 Å². The highest BCUT2D eigenvalue weighted by molar-refractivity contribution is 6.34. The number of halogens is 1. The lowest BCUT2D eigenvalue weighted by Crippen LogP contribution is -2.28. The maximum Gasteiger partial charge on any atom is 0.337 e. The number of para-hydroxylation sites is 1. The summed E-state index contributed by atoms with van der Waals surface area (Å²) in [5.41, 5.74) is 1.01. The average molecular weight is 268 g/mol. The normalized spacial score (nSPS) is 14.6. The number of carboxylic acid groups (broad SMARTS) is 1. The van der Waals surface area contributed by atoms with Gasteiger partial charge in [-0.05, 0) is 31.4 Å². The highest BCUT2D eigenvalue weighted by Gasteiger charge is 2.32. The number of hydrogen-bond acceptors (Lipinski definition) is 2. The van der Waals surface area contributed by atoms with Gasteiger partial charge in [-0.25, -0.2) is 4.79 Å². The van der Waals surface area contributed by atoms with E-state index in [-0.39, 0.29) is 0 Å². The van der Waals surface area contributed by atoms with Gasteiger partial charge in [-0.1, -0.05) is 31.0 Å². The van der Waals surface area contributed by atoms with Crippen molar-refractivity contribution in [3.8, 4) is 0 Å². The van der Waals surface area contributed by atoms with Gasteiger partial charge >= 0.3 is 5.97 Å². The predicted octanol–water partition coefficient (Wildman–Crippen LogP) is 3.81. The second-order valence-corrected chi connectivity index (χ2v) is 5.13. The first-order chi connectivity index (χ1) is 8.65. The van der Waals surface area contributed by atoms with Crippen LogP contribution in [0, 0.1) is 0 Å². The lowest BCUT2D eigenvalue weighted by atomic mass is 10.1. The van der Waals surface area contributed by atoms with Gasteiger partial charge in [0, 0.05) is 12.6 Å². The highest BCUT2D eigenvalue weighted by Crippen LogP contribution is 2.38. The van der Waals surface area contributed by atoms with Crippen LogP contribution in [0.4, 0.5) is 5.69 Å². The number of aromatic carboxylic acids is 1. The van der Waals surface area contributed by atoms with Gasteiger partial charge in [0.05, 0.1) is 16.3 Å². The minimum atomic E-state index is -0.908. The second-order valence-electron chi connectivity index (χ2n) is 4.72. The van der Waals surface area contributed by atoms with Crippen LogP contribution < -0.4 is 4.90 Å². The largest absolute Gasteiger partial charge is 0.478 e. The minimum absolute atomic E-state index is 0.311. The van der Waals surface area contributed by atoms with Crippen molar-refractivity contribution in [3.05, 3.63) is 28.8 Å². The van der Waals surface area contributed by atoms with Crippen LogP contribution in [0.5, 0.6) is 0 Å². The van der Waals surface area contributed by atoms with E-state index in [1.165, 1.54) is 0 Å². The average Bonchev–Trinajstić information content (AvgIpc) is 3.15. The van der Waals surface area contributed by atoms with Gasteiger partial charge < -0.3 is 10.0 Å². The fourth-order valence-electron chi connectivity index (χ4n) is 2.17. The summed E-state index contributed by atoms with van der Waals surface area (Å²) >= 11 is 6.21. The third kappa shape index (κ3) is 2.78. The molecule has 98 valence electrons. The van der Waals surface area contributed by atoms with Gasteiger partial charge in [0.2, 0.25) is 0 Å². The van der Waals surface area contributed by atoms with Gasteiger partial charge in [0.25, 0.3) is 0 Å². The molecule has 0 spiro atoms. The molecule has 0 radical (unpaired) electrons. The number of nitrogens with zero attached hydrogens (tertiary/aromatic N) is 1. The molecule has 1 saturated carbocycles. The molecule has 0 unspecified atom stereocenters. The Morgan fingerprint density at radius 2 is 2.22 bits per heavy atom. The Labute approximate surface area is 112 Å². The second kappa shape index (κ2) is 5.61. The summed E-state index contributed by atoms with van der Waals surface area (Å²) in [6, 6.07) is 5.56. The molecule has 1 aliphatic carbocycles. The van der Waals surface area contributed by atoms with Crippen LogP contribution >= 0.6 is 11.6 Å². The van der Waals surface area contributed by atoms with Crippen molar-refractivity contribution >= 4 is 23.3 Å². The van der Waals surface area contributed by atoms with E-state index in [2.05, 4.69) is 11.8 Å². The Balaban J connectivity index is 2.36. The summed E-state index contributed by atoms with van der Waals surface area (Å²) < 4.78 is 0. The minimum Gasteiger partial charge on any atom is -0.478 e. The highest BCUT2D eigenvalue weighted by atomic mass is 35.5. The van der Waals surface area contributed by atoms with E-state index in [1.54, 1.807) is 18.2 Å². The first kappa shape index (κ1) is 13.2.